The predicted octanol–water partition coefficient (Wildman–Crippen LogP) is 15.8. The van der Waals surface area contributed by atoms with Gasteiger partial charge in [0.15, 0.2) is 0 Å². The zero-order chi connectivity index (χ0) is 41.8. The van der Waals surface area contributed by atoms with Gasteiger partial charge in [0.2, 0.25) is 0 Å². The number of allylic oxidation sites excluding steroid dienone is 2. The number of aromatic nitrogens is 1. The normalized spacial score (nSPS) is 14.1. The molecule has 2 heteroatoms. The average molecular weight is 803 g/mol. The number of pyridine rings is 1. The van der Waals surface area contributed by atoms with Crippen LogP contribution in [0.4, 0.5) is 0 Å². The lowest BCUT2D eigenvalue weighted by atomic mass is 9.78. The van der Waals surface area contributed by atoms with Gasteiger partial charge in [-0.1, -0.05) is 166 Å². The highest BCUT2D eigenvalue weighted by Crippen LogP contribution is 2.55. The Labute approximate surface area is 366 Å². The Bertz CT molecular complexity index is 3810. The Morgan fingerprint density at radius 2 is 0.952 bits per heavy atom. The van der Waals surface area contributed by atoms with Crippen molar-refractivity contribution in [1.82, 2.24) is 10.3 Å². The maximum atomic E-state index is 4.91. The second-order valence-corrected chi connectivity index (χ2v) is 17.8. The van der Waals surface area contributed by atoms with Crippen molar-refractivity contribution in [3.8, 4) is 44.5 Å². The van der Waals surface area contributed by atoms with Crippen LogP contribution in [0.1, 0.15) is 30.7 Å². The fourth-order valence-corrected chi connectivity index (χ4v) is 11.0. The molecule has 0 radical (unpaired) electrons. The summed E-state index contributed by atoms with van der Waals surface area (Å²) in [6, 6.07) is 66.2. The van der Waals surface area contributed by atoms with Crippen LogP contribution in [0.15, 0.2) is 200 Å². The van der Waals surface area contributed by atoms with E-state index < -0.39 is 0 Å². The molecule has 10 aromatic carbocycles. The van der Waals surface area contributed by atoms with Crippen molar-refractivity contribution < 1.29 is 0 Å². The van der Waals surface area contributed by atoms with Crippen molar-refractivity contribution in [3.05, 3.63) is 217 Å². The first-order chi connectivity index (χ1) is 31.0. The van der Waals surface area contributed by atoms with Crippen molar-refractivity contribution in [1.29, 1.82) is 0 Å². The molecule has 0 saturated carbocycles. The fourth-order valence-electron chi connectivity index (χ4n) is 11.0. The molecule has 0 saturated heterocycles. The Balaban J connectivity index is 1.12. The van der Waals surface area contributed by atoms with E-state index in [2.05, 4.69) is 213 Å². The molecule has 13 rings (SSSR count). The molecule has 0 atom stereocenters. The quantitative estimate of drug-likeness (QED) is 0.142. The monoisotopic (exact) mass is 802 g/mol. The highest BCUT2D eigenvalue weighted by atomic mass is 14.9. The first-order valence-corrected chi connectivity index (χ1v) is 22.1. The van der Waals surface area contributed by atoms with Crippen molar-refractivity contribution >= 4 is 70.3 Å². The van der Waals surface area contributed by atoms with Crippen molar-refractivity contribution in [2.24, 2.45) is 0 Å². The number of hydrogen-bond acceptors (Lipinski definition) is 2. The third kappa shape index (κ3) is 5.34. The van der Waals surface area contributed by atoms with Gasteiger partial charge in [-0.05, 0) is 157 Å². The smallest absolute Gasteiger partial charge is 0.0861 e. The molecule has 63 heavy (non-hydrogen) atoms. The Morgan fingerprint density at radius 3 is 1.52 bits per heavy atom. The first kappa shape index (κ1) is 35.9. The van der Waals surface area contributed by atoms with Crippen LogP contribution in [-0.2, 0) is 5.41 Å². The van der Waals surface area contributed by atoms with Gasteiger partial charge >= 0.3 is 0 Å². The van der Waals surface area contributed by atoms with Crippen LogP contribution < -0.4 is 5.32 Å². The maximum absolute atomic E-state index is 4.91. The van der Waals surface area contributed by atoms with E-state index in [1.165, 1.54) is 115 Å². The lowest BCUT2D eigenvalue weighted by Gasteiger charge is -2.25. The van der Waals surface area contributed by atoms with Crippen molar-refractivity contribution in [2.75, 3.05) is 6.54 Å². The second kappa shape index (κ2) is 13.6. The number of nitrogens with one attached hydrogen (secondary N) is 1. The van der Waals surface area contributed by atoms with Gasteiger partial charge in [-0.2, -0.15) is 0 Å². The second-order valence-electron chi connectivity index (χ2n) is 17.8. The minimum atomic E-state index is -0.254. The molecule has 0 amide bonds. The van der Waals surface area contributed by atoms with Crippen LogP contribution in [0.2, 0.25) is 0 Å². The third-order valence-corrected chi connectivity index (χ3v) is 14.1. The lowest BCUT2D eigenvalue weighted by molar-refractivity contribution is 0.661. The molecule has 0 fully saturated rings. The zero-order valence-corrected chi connectivity index (χ0v) is 35.2. The molecule has 296 valence electrons. The summed E-state index contributed by atoms with van der Waals surface area (Å²) in [7, 11) is 0. The lowest BCUT2D eigenvalue weighted by Crippen LogP contribution is -2.15. The molecular formula is C61H42N2. The Kier molecular flexibility index (Phi) is 7.75. The molecule has 1 aromatic heterocycles. The van der Waals surface area contributed by atoms with Crippen LogP contribution in [0.25, 0.3) is 115 Å². The molecule has 1 aliphatic heterocycles. The molecule has 0 bridgehead atoms. The summed E-state index contributed by atoms with van der Waals surface area (Å²) < 4.78 is 0. The van der Waals surface area contributed by atoms with E-state index in [-0.39, 0.29) is 5.41 Å². The number of fused-ring (bicyclic) bond motifs is 11. The number of nitrogens with zero attached hydrogens (tertiary/aromatic N) is 1. The molecule has 0 spiro atoms. The summed E-state index contributed by atoms with van der Waals surface area (Å²) >= 11 is 0. The van der Waals surface area contributed by atoms with Gasteiger partial charge in [-0.15, -0.1) is 0 Å². The third-order valence-electron chi connectivity index (χ3n) is 14.1. The maximum Gasteiger partial charge on any atom is 0.0861 e. The van der Waals surface area contributed by atoms with E-state index in [1.54, 1.807) is 0 Å². The van der Waals surface area contributed by atoms with Crippen LogP contribution in [0.5, 0.6) is 0 Å². The van der Waals surface area contributed by atoms with Crippen molar-refractivity contribution in [2.45, 2.75) is 19.3 Å². The van der Waals surface area contributed by atoms with Gasteiger partial charge in [0.1, 0.15) is 0 Å². The summed E-state index contributed by atoms with van der Waals surface area (Å²) in [6.07, 6.45) is 8.32. The summed E-state index contributed by atoms with van der Waals surface area (Å²) in [4.78, 5) is 4.91. The molecule has 11 aromatic rings. The number of benzene rings is 10. The molecule has 2 nitrogen and oxygen atoms in total. The van der Waals surface area contributed by atoms with Gasteiger partial charge in [0.05, 0.1) is 11.4 Å². The summed E-state index contributed by atoms with van der Waals surface area (Å²) in [6.45, 7) is 5.64. The van der Waals surface area contributed by atoms with E-state index in [1.807, 2.05) is 6.20 Å². The molecule has 1 aliphatic carbocycles. The summed E-state index contributed by atoms with van der Waals surface area (Å²) in [5.41, 5.74) is 14.5. The van der Waals surface area contributed by atoms with Gasteiger partial charge < -0.3 is 5.32 Å². The van der Waals surface area contributed by atoms with Gasteiger partial charge in [-0.25, -0.2) is 0 Å². The SMILES string of the molecule is CC1(C)c2cc(-c3ccc(C4=CC=CCN4)nc3)ccc2-c2cc3c(-c4cc5ccccc5c5ccccc45)c4ccccc4c(-c4cc5ccccc5c5ccccc45)c3cc21. The number of hydrogen-bond donors (Lipinski definition) is 1. The van der Waals surface area contributed by atoms with Gasteiger partial charge in [0.25, 0.3) is 0 Å². The Hall–Kier alpha value is -7.81. The number of dihydropyridines is 1. The van der Waals surface area contributed by atoms with Crippen molar-refractivity contribution in [3.63, 3.8) is 0 Å². The van der Waals surface area contributed by atoms with E-state index in [0.717, 1.165) is 23.5 Å². The summed E-state index contributed by atoms with van der Waals surface area (Å²) in [5.74, 6) is 0. The first-order valence-electron chi connectivity index (χ1n) is 22.1. The van der Waals surface area contributed by atoms with Gasteiger partial charge in [0, 0.05) is 23.7 Å². The zero-order valence-electron chi connectivity index (χ0n) is 35.2. The van der Waals surface area contributed by atoms with Gasteiger partial charge in [-0.3, -0.25) is 4.98 Å². The molecule has 2 heterocycles. The van der Waals surface area contributed by atoms with Crippen LogP contribution in [0.3, 0.4) is 0 Å². The highest BCUT2D eigenvalue weighted by Gasteiger charge is 2.37. The van der Waals surface area contributed by atoms with Crippen LogP contribution in [-0.4, -0.2) is 11.5 Å². The van der Waals surface area contributed by atoms with Crippen LogP contribution in [0, 0.1) is 0 Å². The van der Waals surface area contributed by atoms with E-state index >= 15 is 0 Å². The van der Waals surface area contributed by atoms with Crippen LogP contribution >= 0.6 is 0 Å². The van der Waals surface area contributed by atoms with E-state index in [0.29, 0.717) is 0 Å². The predicted molar refractivity (Wildman–Crippen MR) is 268 cm³/mol. The fraction of sp³-hybridized carbons (Fsp3) is 0.0656. The summed E-state index contributed by atoms with van der Waals surface area (Å²) in [5, 5.41) is 18.7. The van der Waals surface area contributed by atoms with E-state index in [4.69, 9.17) is 4.98 Å². The minimum Gasteiger partial charge on any atom is -0.380 e. The largest absolute Gasteiger partial charge is 0.380 e. The molecule has 2 aliphatic rings. The standard InChI is InChI=1S/C61H42N2/c1-61(2)55-33-37(40-27-29-58(63-36-40)57-25-13-14-30-62-57)26-28-47(55)50-34-53-54(35-56(50)61)60(52-32-39-16-4-6-18-42(39)44-20-8-10-22-46(44)52)49-24-12-11-23-48(49)59(53)51-31-38-15-3-5-17-41(38)43-19-7-9-21-45(43)51/h3-29,31-36,62H,30H2,1-2H3. The molecule has 0 unspecified atom stereocenters. The minimum absolute atomic E-state index is 0.254. The number of rotatable bonds is 4. The average Bonchev–Trinajstić information content (AvgIpc) is 3.56. The topological polar surface area (TPSA) is 24.9 Å². The molecule has 1 N–H and O–H groups in total. The Morgan fingerprint density at radius 1 is 0.429 bits per heavy atom. The van der Waals surface area contributed by atoms with E-state index in [9.17, 15) is 0 Å². The molecular weight excluding hydrogens is 761 g/mol. The highest BCUT2D eigenvalue weighted by molar-refractivity contribution is 6.29.